The van der Waals surface area contributed by atoms with Crippen molar-refractivity contribution < 1.29 is 19.1 Å². The maximum atomic E-state index is 11.8. The summed E-state index contributed by atoms with van der Waals surface area (Å²) in [7, 11) is 0. The number of nitriles is 1. The number of carbonyl (C=O) groups excluding carboxylic acids is 2. The summed E-state index contributed by atoms with van der Waals surface area (Å²) in [5, 5.41) is 9.22. The monoisotopic (exact) mass is 247 g/mol. The lowest BCUT2D eigenvalue weighted by atomic mass is 9.74. The van der Waals surface area contributed by atoms with Crippen LogP contribution in [0.15, 0.2) is 12.2 Å². The number of hydrogen-bond donors (Lipinski definition) is 0. The average molecular weight is 247 g/mol. The summed E-state index contributed by atoms with van der Waals surface area (Å²) in [6.07, 6.45) is 0.307. The van der Waals surface area contributed by atoms with Crippen molar-refractivity contribution in [2.45, 2.75) is 32.0 Å². The molecule has 1 saturated heterocycles. The standard InChI is InChI=1S/C13H13NO4/c1-6(2)11(15)17-9-7-3-8-10(9)18-12(16)13(8,4-7)5-14/h7-10H,1,3-4H2,2H3/t7-,8?,9?,10?,13?/m0/s1. The van der Waals surface area contributed by atoms with Crippen LogP contribution in [-0.2, 0) is 19.1 Å². The second-order valence-corrected chi connectivity index (χ2v) is 5.41. The van der Waals surface area contributed by atoms with Crippen molar-refractivity contribution in [3.63, 3.8) is 0 Å². The van der Waals surface area contributed by atoms with Crippen LogP contribution in [0.5, 0.6) is 0 Å². The molecule has 18 heavy (non-hydrogen) atoms. The molecule has 0 amide bonds. The minimum atomic E-state index is -0.985. The Balaban J connectivity index is 1.85. The van der Waals surface area contributed by atoms with E-state index in [0.717, 1.165) is 6.42 Å². The molecule has 0 N–H and O–H groups in total. The summed E-state index contributed by atoms with van der Waals surface area (Å²) in [5.41, 5.74) is -0.657. The number of carbonyl (C=O) groups is 2. The van der Waals surface area contributed by atoms with Crippen LogP contribution in [-0.4, -0.2) is 24.1 Å². The Labute approximate surface area is 104 Å². The van der Waals surface area contributed by atoms with Gasteiger partial charge in [-0.15, -0.1) is 0 Å². The molecule has 1 heterocycles. The molecule has 1 aliphatic heterocycles. The summed E-state index contributed by atoms with van der Waals surface area (Å²) in [5.74, 6) is -0.980. The van der Waals surface area contributed by atoms with E-state index >= 15 is 0 Å². The van der Waals surface area contributed by atoms with Gasteiger partial charge in [0.05, 0.1) is 6.07 Å². The highest BCUT2D eigenvalue weighted by molar-refractivity contribution is 5.88. The van der Waals surface area contributed by atoms with Crippen molar-refractivity contribution in [3.05, 3.63) is 12.2 Å². The zero-order chi connectivity index (χ0) is 13.1. The van der Waals surface area contributed by atoms with Crippen LogP contribution >= 0.6 is 0 Å². The molecular weight excluding hydrogens is 234 g/mol. The van der Waals surface area contributed by atoms with E-state index in [2.05, 4.69) is 12.6 Å². The third-order valence-electron chi connectivity index (χ3n) is 4.36. The maximum absolute atomic E-state index is 11.8. The zero-order valence-electron chi connectivity index (χ0n) is 10.0. The molecule has 0 aromatic rings. The second-order valence-electron chi connectivity index (χ2n) is 5.41. The third kappa shape index (κ3) is 1.15. The van der Waals surface area contributed by atoms with Gasteiger partial charge in [-0.3, -0.25) is 4.79 Å². The maximum Gasteiger partial charge on any atom is 0.333 e. The van der Waals surface area contributed by atoms with E-state index in [-0.39, 0.29) is 11.8 Å². The summed E-state index contributed by atoms with van der Waals surface area (Å²) in [6.45, 7) is 5.11. The van der Waals surface area contributed by atoms with Crippen molar-refractivity contribution in [3.8, 4) is 6.07 Å². The predicted octanol–water partition coefficient (Wildman–Crippen LogP) is 0.949. The van der Waals surface area contributed by atoms with Crippen LogP contribution in [0.1, 0.15) is 19.8 Å². The van der Waals surface area contributed by atoms with E-state index in [1.807, 2.05) is 0 Å². The van der Waals surface area contributed by atoms with Gasteiger partial charge < -0.3 is 9.47 Å². The van der Waals surface area contributed by atoms with Gasteiger partial charge in [0.25, 0.3) is 0 Å². The van der Waals surface area contributed by atoms with Gasteiger partial charge in [0, 0.05) is 17.4 Å². The minimum absolute atomic E-state index is 0.0504. The molecule has 5 heteroatoms. The van der Waals surface area contributed by atoms with Gasteiger partial charge in [-0.2, -0.15) is 5.26 Å². The van der Waals surface area contributed by atoms with Gasteiger partial charge in [-0.05, 0) is 19.8 Å². The normalized spacial score (nSPS) is 43.4. The largest absolute Gasteiger partial charge is 0.457 e. The molecule has 2 bridgehead atoms. The van der Waals surface area contributed by atoms with Gasteiger partial charge in [0.1, 0.15) is 12.2 Å². The molecule has 94 valence electrons. The Morgan fingerprint density at radius 3 is 3.00 bits per heavy atom. The summed E-state index contributed by atoms with van der Waals surface area (Å²) in [6, 6.07) is 2.11. The second kappa shape index (κ2) is 3.35. The van der Waals surface area contributed by atoms with Gasteiger partial charge in [0.15, 0.2) is 5.41 Å². The number of hydrogen-bond acceptors (Lipinski definition) is 5. The van der Waals surface area contributed by atoms with E-state index in [4.69, 9.17) is 9.47 Å². The van der Waals surface area contributed by atoms with E-state index in [9.17, 15) is 14.9 Å². The fourth-order valence-electron chi connectivity index (χ4n) is 3.51. The summed E-state index contributed by atoms with van der Waals surface area (Å²) < 4.78 is 10.6. The summed E-state index contributed by atoms with van der Waals surface area (Å²) >= 11 is 0. The molecule has 5 nitrogen and oxygen atoms in total. The molecule has 2 aliphatic carbocycles. The summed E-state index contributed by atoms with van der Waals surface area (Å²) in [4.78, 5) is 23.4. The first-order valence-corrected chi connectivity index (χ1v) is 5.98. The Morgan fingerprint density at radius 1 is 1.67 bits per heavy atom. The van der Waals surface area contributed by atoms with Crippen molar-refractivity contribution in [2.24, 2.45) is 17.3 Å². The Hall–Kier alpha value is -1.83. The molecule has 0 aromatic heterocycles. The highest BCUT2D eigenvalue weighted by Gasteiger charge is 2.72. The lowest BCUT2D eigenvalue weighted by molar-refractivity contribution is -0.158. The van der Waals surface area contributed by atoms with Crippen molar-refractivity contribution in [1.29, 1.82) is 5.26 Å². The van der Waals surface area contributed by atoms with Crippen LogP contribution in [0.4, 0.5) is 0 Å². The van der Waals surface area contributed by atoms with Gasteiger partial charge >= 0.3 is 11.9 Å². The number of nitrogens with zero attached hydrogens (tertiary/aromatic N) is 1. The lowest BCUT2D eigenvalue weighted by Gasteiger charge is -2.27. The van der Waals surface area contributed by atoms with Crippen LogP contribution in [0.25, 0.3) is 0 Å². The smallest absolute Gasteiger partial charge is 0.333 e. The molecule has 3 aliphatic rings. The first-order chi connectivity index (χ1) is 8.49. The van der Waals surface area contributed by atoms with E-state index in [1.54, 1.807) is 6.92 Å². The molecule has 2 saturated carbocycles. The Bertz CT molecular complexity index is 506. The Morgan fingerprint density at radius 2 is 2.39 bits per heavy atom. The fourth-order valence-corrected chi connectivity index (χ4v) is 3.51. The van der Waals surface area contributed by atoms with Gasteiger partial charge in [0.2, 0.25) is 0 Å². The number of rotatable bonds is 2. The van der Waals surface area contributed by atoms with E-state index in [1.165, 1.54) is 0 Å². The van der Waals surface area contributed by atoms with Crippen molar-refractivity contribution >= 4 is 11.9 Å². The van der Waals surface area contributed by atoms with Crippen LogP contribution in [0.3, 0.4) is 0 Å². The fraction of sp³-hybridized carbons (Fsp3) is 0.615. The van der Waals surface area contributed by atoms with Crippen LogP contribution in [0, 0.1) is 28.6 Å². The Kier molecular flexibility index (Phi) is 2.10. The quantitative estimate of drug-likeness (QED) is 0.536. The minimum Gasteiger partial charge on any atom is -0.457 e. The molecule has 5 atom stereocenters. The predicted molar refractivity (Wildman–Crippen MR) is 58.8 cm³/mol. The topological polar surface area (TPSA) is 76.4 Å². The molecule has 4 unspecified atom stereocenters. The van der Waals surface area contributed by atoms with Crippen LogP contribution in [0.2, 0.25) is 0 Å². The number of fused-ring (bicyclic) bond motifs is 1. The first-order valence-electron chi connectivity index (χ1n) is 5.98. The third-order valence-corrected chi connectivity index (χ3v) is 4.36. The highest BCUT2D eigenvalue weighted by Crippen LogP contribution is 2.62. The van der Waals surface area contributed by atoms with E-state index in [0.29, 0.717) is 12.0 Å². The van der Waals surface area contributed by atoms with Gasteiger partial charge in [-0.25, -0.2) is 4.79 Å². The molecule has 3 rings (SSSR count). The number of esters is 2. The lowest BCUT2D eigenvalue weighted by Crippen LogP contribution is -2.39. The molecule has 0 spiro atoms. The average Bonchev–Trinajstić information content (AvgIpc) is 2.90. The zero-order valence-corrected chi connectivity index (χ0v) is 10.0. The SMILES string of the molecule is C=C(C)C(=O)OC1C2OC(=O)C3(C#N)C[C@@H]1CC23. The molecular formula is C13H13NO4. The number of ether oxygens (including phenoxy) is 2. The molecule has 3 fully saturated rings. The highest BCUT2D eigenvalue weighted by atomic mass is 16.6. The van der Waals surface area contributed by atoms with E-state index < -0.39 is 29.6 Å². The van der Waals surface area contributed by atoms with Gasteiger partial charge in [-0.1, -0.05) is 6.58 Å². The van der Waals surface area contributed by atoms with Crippen molar-refractivity contribution in [2.75, 3.05) is 0 Å². The van der Waals surface area contributed by atoms with Crippen LogP contribution < -0.4 is 0 Å². The first kappa shape index (κ1) is 11.3. The molecule has 0 aromatic carbocycles. The molecule has 0 radical (unpaired) electrons. The van der Waals surface area contributed by atoms with Crippen molar-refractivity contribution in [1.82, 2.24) is 0 Å².